The highest BCUT2D eigenvalue weighted by molar-refractivity contribution is 7.10. The van der Waals surface area contributed by atoms with Crippen LogP contribution >= 0.6 is 11.3 Å². The van der Waals surface area contributed by atoms with Gasteiger partial charge in [-0.1, -0.05) is 20.8 Å². The predicted molar refractivity (Wildman–Crippen MR) is 85.8 cm³/mol. The molecule has 2 rings (SSSR count). The topological polar surface area (TPSA) is 12.0 Å². The Morgan fingerprint density at radius 2 is 2.05 bits per heavy atom. The Balaban J connectivity index is 2.08. The number of hydrogen-bond acceptors (Lipinski definition) is 2. The standard InChI is InChI=1S/C17H29NS/c1-5-11-18-16(15-8-12-19-13(15)2)14-6-9-17(3,4)10-7-14/h8,12,14,16,18H,5-7,9-11H2,1-4H3. The molecular formula is C17H29NS. The molecule has 1 unspecified atom stereocenters. The molecule has 0 spiro atoms. The molecule has 1 aromatic rings. The molecule has 0 aliphatic heterocycles. The zero-order valence-electron chi connectivity index (χ0n) is 13.0. The summed E-state index contributed by atoms with van der Waals surface area (Å²) < 4.78 is 0. The molecule has 0 saturated heterocycles. The minimum absolute atomic E-state index is 0.565. The summed E-state index contributed by atoms with van der Waals surface area (Å²) in [6, 6.07) is 2.93. The molecule has 1 heterocycles. The van der Waals surface area contributed by atoms with Crippen LogP contribution < -0.4 is 5.32 Å². The summed E-state index contributed by atoms with van der Waals surface area (Å²) >= 11 is 1.89. The summed E-state index contributed by atoms with van der Waals surface area (Å²) in [6.45, 7) is 10.5. The molecule has 0 radical (unpaired) electrons. The summed E-state index contributed by atoms with van der Waals surface area (Å²) in [5.74, 6) is 0.827. The monoisotopic (exact) mass is 279 g/mol. The lowest BCUT2D eigenvalue weighted by molar-refractivity contribution is 0.161. The van der Waals surface area contributed by atoms with Crippen LogP contribution in [0.4, 0.5) is 0 Å². The molecule has 1 aromatic heterocycles. The fourth-order valence-electron chi connectivity index (χ4n) is 3.30. The van der Waals surface area contributed by atoms with Crippen molar-refractivity contribution in [3.05, 3.63) is 21.9 Å². The Bertz CT molecular complexity index is 384. The van der Waals surface area contributed by atoms with E-state index in [9.17, 15) is 0 Å². The van der Waals surface area contributed by atoms with Crippen molar-refractivity contribution in [1.29, 1.82) is 0 Å². The van der Waals surface area contributed by atoms with Gasteiger partial charge in [0, 0.05) is 10.9 Å². The van der Waals surface area contributed by atoms with Crippen LogP contribution in [0.15, 0.2) is 11.4 Å². The summed E-state index contributed by atoms with van der Waals surface area (Å²) in [7, 11) is 0. The zero-order valence-corrected chi connectivity index (χ0v) is 13.8. The molecular weight excluding hydrogens is 250 g/mol. The molecule has 2 heteroatoms. The third-order valence-electron chi connectivity index (χ3n) is 4.70. The Hall–Kier alpha value is -0.340. The summed E-state index contributed by atoms with van der Waals surface area (Å²) in [5.41, 5.74) is 2.12. The first-order valence-electron chi connectivity index (χ1n) is 7.81. The molecule has 1 aliphatic carbocycles. The first-order chi connectivity index (χ1) is 9.03. The van der Waals surface area contributed by atoms with Crippen LogP contribution in [0, 0.1) is 18.3 Å². The Morgan fingerprint density at radius 1 is 1.37 bits per heavy atom. The second-order valence-electron chi connectivity index (χ2n) is 6.87. The molecule has 1 aliphatic rings. The minimum atomic E-state index is 0.565. The van der Waals surface area contributed by atoms with Gasteiger partial charge in [-0.25, -0.2) is 0 Å². The van der Waals surface area contributed by atoms with E-state index in [1.54, 1.807) is 5.56 Å². The third kappa shape index (κ3) is 3.82. The molecule has 0 amide bonds. The third-order valence-corrected chi connectivity index (χ3v) is 5.56. The molecule has 1 nitrogen and oxygen atoms in total. The molecule has 1 fully saturated rings. The normalized spacial score (nSPS) is 21.5. The molecule has 19 heavy (non-hydrogen) atoms. The molecule has 108 valence electrons. The number of aryl methyl sites for hydroxylation is 1. The van der Waals surface area contributed by atoms with Crippen molar-refractivity contribution in [2.24, 2.45) is 11.3 Å². The van der Waals surface area contributed by atoms with E-state index in [0.29, 0.717) is 11.5 Å². The van der Waals surface area contributed by atoms with E-state index >= 15 is 0 Å². The lowest BCUT2D eigenvalue weighted by atomic mass is 9.70. The van der Waals surface area contributed by atoms with Crippen LogP contribution in [-0.2, 0) is 0 Å². The number of hydrogen-bond donors (Lipinski definition) is 1. The highest BCUT2D eigenvalue weighted by atomic mass is 32.1. The second kappa shape index (κ2) is 6.41. The maximum absolute atomic E-state index is 3.82. The average molecular weight is 279 g/mol. The average Bonchev–Trinajstić information content (AvgIpc) is 2.78. The van der Waals surface area contributed by atoms with Gasteiger partial charge in [-0.2, -0.15) is 0 Å². The van der Waals surface area contributed by atoms with Crippen molar-refractivity contribution < 1.29 is 0 Å². The van der Waals surface area contributed by atoms with Crippen LogP contribution in [0.25, 0.3) is 0 Å². The molecule has 0 bridgehead atoms. The fraction of sp³-hybridized carbons (Fsp3) is 0.765. The van der Waals surface area contributed by atoms with Gasteiger partial charge >= 0.3 is 0 Å². The van der Waals surface area contributed by atoms with E-state index in [4.69, 9.17) is 0 Å². The van der Waals surface area contributed by atoms with Crippen molar-refractivity contribution in [2.45, 2.75) is 65.8 Å². The van der Waals surface area contributed by atoms with E-state index in [1.807, 2.05) is 11.3 Å². The number of rotatable bonds is 5. The molecule has 1 N–H and O–H groups in total. The number of nitrogens with one attached hydrogen (secondary N) is 1. The van der Waals surface area contributed by atoms with Crippen LogP contribution in [-0.4, -0.2) is 6.54 Å². The van der Waals surface area contributed by atoms with Crippen molar-refractivity contribution >= 4 is 11.3 Å². The van der Waals surface area contributed by atoms with Crippen molar-refractivity contribution in [1.82, 2.24) is 5.32 Å². The van der Waals surface area contributed by atoms with Crippen molar-refractivity contribution in [3.63, 3.8) is 0 Å². The maximum atomic E-state index is 3.82. The van der Waals surface area contributed by atoms with Crippen molar-refractivity contribution in [2.75, 3.05) is 6.54 Å². The van der Waals surface area contributed by atoms with Crippen molar-refractivity contribution in [3.8, 4) is 0 Å². The van der Waals surface area contributed by atoms with Crippen LogP contribution in [0.2, 0.25) is 0 Å². The van der Waals surface area contributed by atoms with Gasteiger partial charge in [-0.3, -0.25) is 0 Å². The van der Waals surface area contributed by atoms with Crippen LogP contribution in [0.3, 0.4) is 0 Å². The van der Waals surface area contributed by atoms with E-state index < -0.39 is 0 Å². The first-order valence-corrected chi connectivity index (χ1v) is 8.69. The van der Waals surface area contributed by atoms with E-state index in [1.165, 1.54) is 37.0 Å². The number of thiophene rings is 1. The lowest BCUT2D eigenvalue weighted by Gasteiger charge is -2.38. The molecule has 1 atom stereocenters. The zero-order chi connectivity index (χ0) is 13.9. The minimum Gasteiger partial charge on any atom is -0.310 e. The largest absolute Gasteiger partial charge is 0.310 e. The van der Waals surface area contributed by atoms with Gasteiger partial charge in [-0.15, -0.1) is 11.3 Å². The van der Waals surface area contributed by atoms with Gasteiger partial charge < -0.3 is 5.32 Å². The van der Waals surface area contributed by atoms with Gasteiger partial charge in [0.2, 0.25) is 0 Å². The van der Waals surface area contributed by atoms with E-state index in [2.05, 4.69) is 44.5 Å². The summed E-state index contributed by atoms with van der Waals surface area (Å²) in [4.78, 5) is 1.50. The Morgan fingerprint density at radius 3 is 2.58 bits per heavy atom. The van der Waals surface area contributed by atoms with Crippen LogP contribution in [0.5, 0.6) is 0 Å². The highest BCUT2D eigenvalue weighted by Gasteiger charge is 2.32. The Labute approximate surface area is 122 Å². The maximum Gasteiger partial charge on any atom is 0.0359 e. The molecule has 1 saturated carbocycles. The van der Waals surface area contributed by atoms with Crippen LogP contribution in [0.1, 0.15) is 69.4 Å². The lowest BCUT2D eigenvalue weighted by Crippen LogP contribution is -2.33. The fourth-order valence-corrected chi connectivity index (χ4v) is 4.05. The van der Waals surface area contributed by atoms with Gasteiger partial charge in [0.25, 0.3) is 0 Å². The van der Waals surface area contributed by atoms with Gasteiger partial charge in [0.15, 0.2) is 0 Å². The van der Waals surface area contributed by atoms with E-state index in [0.717, 1.165) is 12.5 Å². The van der Waals surface area contributed by atoms with Gasteiger partial charge in [0.05, 0.1) is 0 Å². The second-order valence-corrected chi connectivity index (χ2v) is 7.99. The smallest absolute Gasteiger partial charge is 0.0359 e. The Kier molecular flexibility index (Phi) is 5.08. The van der Waals surface area contributed by atoms with Gasteiger partial charge in [-0.05, 0) is 73.9 Å². The summed E-state index contributed by atoms with van der Waals surface area (Å²) in [6.07, 6.45) is 6.74. The molecule has 0 aromatic carbocycles. The SMILES string of the molecule is CCCNC(c1ccsc1C)C1CCC(C)(C)CC1. The highest BCUT2D eigenvalue weighted by Crippen LogP contribution is 2.43. The predicted octanol–water partition coefficient (Wildman–Crippen LogP) is 5.31. The van der Waals surface area contributed by atoms with Gasteiger partial charge in [0.1, 0.15) is 0 Å². The van der Waals surface area contributed by atoms with E-state index in [-0.39, 0.29) is 0 Å². The quantitative estimate of drug-likeness (QED) is 0.770. The summed E-state index contributed by atoms with van der Waals surface area (Å²) in [5, 5.41) is 6.06. The first kappa shape index (κ1) is 15.1.